The molecular weight excluding hydrogens is 186 g/mol. The van der Waals surface area contributed by atoms with Gasteiger partial charge in [-0.2, -0.15) is 0 Å². The van der Waals surface area contributed by atoms with Crippen molar-refractivity contribution in [1.82, 2.24) is 5.32 Å². The molecule has 0 aliphatic carbocycles. The van der Waals surface area contributed by atoms with Gasteiger partial charge in [-0.3, -0.25) is 0 Å². The normalized spacial score (nSPS) is 21.6. The highest BCUT2D eigenvalue weighted by molar-refractivity contribution is 5.65. The topological polar surface area (TPSA) is 75.0 Å². The lowest BCUT2D eigenvalue weighted by molar-refractivity contribution is 0.185. The van der Waals surface area contributed by atoms with Crippen molar-refractivity contribution in [2.45, 2.75) is 18.6 Å². The quantitative estimate of drug-likeness (QED) is 0.702. The van der Waals surface area contributed by atoms with Crippen LogP contribution in [0.25, 0.3) is 0 Å². The first kappa shape index (κ1) is 9.08. The first-order chi connectivity index (χ1) is 6.75. The molecule has 1 aliphatic rings. The largest absolute Gasteiger partial charge is 0.469 e. The van der Waals surface area contributed by atoms with Gasteiger partial charge in [-0.25, -0.2) is 4.79 Å². The summed E-state index contributed by atoms with van der Waals surface area (Å²) in [6.07, 6.45) is 1.07. The van der Waals surface area contributed by atoms with E-state index in [1.807, 2.05) is 6.07 Å². The Morgan fingerprint density at radius 2 is 2.57 bits per heavy atom. The van der Waals surface area contributed by atoms with E-state index in [1.165, 1.54) is 0 Å². The van der Waals surface area contributed by atoms with Crippen LogP contribution in [0.3, 0.4) is 0 Å². The van der Waals surface area contributed by atoms with E-state index in [1.54, 1.807) is 12.3 Å². The minimum absolute atomic E-state index is 0.00352. The Morgan fingerprint density at radius 1 is 1.79 bits per heavy atom. The molecule has 1 saturated heterocycles. The van der Waals surface area contributed by atoms with Gasteiger partial charge in [0.1, 0.15) is 11.9 Å². The molecule has 0 saturated carbocycles. The Labute approximate surface area is 80.7 Å². The van der Waals surface area contributed by atoms with Gasteiger partial charge in [0.2, 0.25) is 0 Å². The molecule has 5 nitrogen and oxygen atoms in total. The van der Waals surface area contributed by atoms with Gasteiger partial charge in [0, 0.05) is 6.42 Å². The number of epoxide rings is 1. The van der Waals surface area contributed by atoms with Crippen LogP contribution >= 0.6 is 0 Å². The SMILES string of the molecule is O=C(O)N[C@@H](Cc1ccco1)C1CO1. The Kier molecular flexibility index (Phi) is 2.41. The van der Waals surface area contributed by atoms with Crippen LogP contribution < -0.4 is 5.32 Å². The van der Waals surface area contributed by atoms with Gasteiger partial charge in [-0.1, -0.05) is 0 Å². The zero-order chi connectivity index (χ0) is 9.97. The maximum absolute atomic E-state index is 10.5. The number of ether oxygens (including phenoxy) is 1. The van der Waals surface area contributed by atoms with Crippen molar-refractivity contribution in [3.8, 4) is 0 Å². The molecule has 2 rings (SSSR count). The van der Waals surface area contributed by atoms with E-state index in [4.69, 9.17) is 14.3 Å². The maximum atomic E-state index is 10.5. The van der Waals surface area contributed by atoms with Gasteiger partial charge in [0.05, 0.1) is 18.9 Å². The standard InChI is InChI=1S/C9H11NO4/c11-9(12)10-7(8-5-14-8)4-6-2-1-3-13-6/h1-3,7-8,10H,4-5H2,(H,11,12)/t7-,8?/m0/s1. The highest BCUT2D eigenvalue weighted by Gasteiger charge is 2.34. The molecule has 0 bridgehead atoms. The minimum atomic E-state index is -1.03. The van der Waals surface area contributed by atoms with Crippen molar-refractivity contribution in [3.63, 3.8) is 0 Å². The van der Waals surface area contributed by atoms with Gasteiger partial charge >= 0.3 is 6.09 Å². The number of furan rings is 1. The van der Waals surface area contributed by atoms with Crippen molar-refractivity contribution in [3.05, 3.63) is 24.2 Å². The fraction of sp³-hybridized carbons (Fsp3) is 0.444. The van der Waals surface area contributed by atoms with Crippen LogP contribution in [0, 0.1) is 0 Å². The molecule has 1 fully saturated rings. The molecule has 2 N–H and O–H groups in total. The van der Waals surface area contributed by atoms with Crippen LogP contribution in [0.15, 0.2) is 22.8 Å². The summed E-state index contributed by atoms with van der Waals surface area (Å²) < 4.78 is 10.2. The number of carbonyl (C=O) groups is 1. The molecule has 2 heterocycles. The third-order valence-corrected chi connectivity index (χ3v) is 2.12. The van der Waals surface area contributed by atoms with Gasteiger partial charge in [-0.15, -0.1) is 0 Å². The average Bonchev–Trinajstić information content (AvgIpc) is 2.85. The molecule has 1 aliphatic heterocycles. The zero-order valence-electron chi connectivity index (χ0n) is 7.47. The number of rotatable bonds is 4. The van der Waals surface area contributed by atoms with Crippen molar-refractivity contribution in [2.75, 3.05) is 6.61 Å². The Hall–Kier alpha value is -1.49. The summed E-state index contributed by atoms with van der Waals surface area (Å²) in [5.41, 5.74) is 0. The number of hydrogen-bond acceptors (Lipinski definition) is 3. The first-order valence-electron chi connectivity index (χ1n) is 4.39. The second-order valence-electron chi connectivity index (χ2n) is 3.21. The number of carboxylic acid groups (broad SMARTS) is 1. The van der Waals surface area contributed by atoms with Crippen molar-refractivity contribution >= 4 is 6.09 Å². The predicted molar refractivity (Wildman–Crippen MR) is 47.1 cm³/mol. The molecule has 1 amide bonds. The first-order valence-corrected chi connectivity index (χ1v) is 4.39. The number of nitrogens with one attached hydrogen (secondary N) is 1. The van der Waals surface area contributed by atoms with Gasteiger partial charge in [0.25, 0.3) is 0 Å². The van der Waals surface area contributed by atoms with E-state index in [0.717, 1.165) is 5.76 Å². The Balaban J connectivity index is 1.93. The molecule has 1 aromatic rings. The van der Waals surface area contributed by atoms with Crippen LogP contribution in [0.2, 0.25) is 0 Å². The van der Waals surface area contributed by atoms with Crippen LogP contribution in [0.5, 0.6) is 0 Å². The lowest BCUT2D eigenvalue weighted by atomic mass is 10.1. The van der Waals surface area contributed by atoms with Gasteiger partial charge in [0.15, 0.2) is 0 Å². The molecule has 0 aromatic carbocycles. The fourth-order valence-corrected chi connectivity index (χ4v) is 1.37. The van der Waals surface area contributed by atoms with E-state index in [0.29, 0.717) is 13.0 Å². The summed E-state index contributed by atoms with van der Waals surface area (Å²) in [7, 11) is 0. The highest BCUT2D eigenvalue weighted by Crippen LogP contribution is 2.18. The van der Waals surface area contributed by atoms with E-state index in [-0.39, 0.29) is 12.1 Å². The highest BCUT2D eigenvalue weighted by atomic mass is 16.6. The van der Waals surface area contributed by atoms with E-state index < -0.39 is 6.09 Å². The van der Waals surface area contributed by atoms with Crippen LogP contribution in [-0.4, -0.2) is 30.0 Å². The molecule has 0 spiro atoms. The molecule has 1 unspecified atom stereocenters. The number of amides is 1. The van der Waals surface area contributed by atoms with E-state index in [9.17, 15) is 4.79 Å². The summed E-state index contributed by atoms with van der Waals surface area (Å²) in [4.78, 5) is 10.5. The molecule has 1 aromatic heterocycles. The van der Waals surface area contributed by atoms with E-state index in [2.05, 4.69) is 5.32 Å². The van der Waals surface area contributed by atoms with Crippen LogP contribution in [0.4, 0.5) is 4.79 Å². The van der Waals surface area contributed by atoms with Crippen molar-refractivity contribution in [1.29, 1.82) is 0 Å². The summed E-state index contributed by atoms with van der Waals surface area (Å²) in [6, 6.07) is 3.39. The van der Waals surface area contributed by atoms with E-state index >= 15 is 0 Å². The fourth-order valence-electron chi connectivity index (χ4n) is 1.37. The molecular formula is C9H11NO4. The van der Waals surface area contributed by atoms with Crippen LogP contribution in [-0.2, 0) is 11.2 Å². The average molecular weight is 197 g/mol. The molecule has 5 heteroatoms. The number of hydrogen-bond donors (Lipinski definition) is 2. The van der Waals surface area contributed by atoms with Crippen LogP contribution in [0.1, 0.15) is 5.76 Å². The smallest absolute Gasteiger partial charge is 0.404 e. The van der Waals surface area contributed by atoms with Crippen molar-refractivity contribution < 1.29 is 19.1 Å². The van der Waals surface area contributed by atoms with Crippen molar-refractivity contribution in [2.24, 2.45) is 0 Å². The summed E-state index contributed by atoms with van der Waals surface area (Å²) >= 11 is 0. The Bertz CT molecular complexity index is 305. The lowest BCUT2D eigenvalue weighted by Crippen LogP contribution is -2.39. The maximum Gasteiger partial charge on any atom is 0.404 e. The predicted octanol–water partition coefficient (Wildman–Crippen LogP) is 0.857. The molecule has 2 atom stereocenters. The Morgan fingerprint density at radius 3 is 3.07 bits per heavy atom. The summed E-state index contributed by atoms with van der Waals surface area (Å²) in [5.74, 6) is 0.763. The minimum Gasteiger partial charge on any atom is -0.469 e. The third-order valence-electron chi connectivity index (χ3n) is 2.12. The lowest BCUT2D eigenvalue weighted by Gasteiger charge is -2.12. The second kappa shape index (κ2) is 3.71. The summed E-state index contributed by atoms with van der Waals surface area (Å²) in [5, 5.41) is 11.0. The molecule has 14 heavy (non-hydrogen) atoms. The molecule has 0 radical (unpaired) electrons. The monoisotopic (exact) mass is 197 g/mol. The van der Waals surface area contributed by atoms with Gasteiger partial charge < -0.3 is 19.6 Å². The summed E-state index contributed by atoms with van der Waals surface area (Å²) in [6.45, 7) is 0.617. The molecule has 76 valence electrons. The zero-order valence-corrected chi connectivity index (χ0v) is 7.47. The van der Waals surface area contributed by atoms with Gasteiger partial charge in [-0.05, 0) is 12.1 Å². The second-order valence-corrected chi connectivity index (χ2v) is 3.21. The third kappa shape index (κ3) is 2.26.